The van der Waals surface area contributed by atoms with Gasteiger partial charge < -0.3 is 10.6 Å². The van der Waals surface area contributed by atoms with Crippen molar-refractivity contribution in [2.45, 2.75) is 51.0 Å². The molecule has 0 unspecified atom stereocenters. The maximum atomic E-state index is 13.0. The minimum Gasteiger partial charge on any atom is -0.323 e. The molecule has 10 heteroatoms. The van der Waals surface area contributed by atoms with Crippen LogP contribution in [0.3, 0.4) is 0 Å². The zero-order valence-corrected chi connectivity index (χ0v) is 19.9. The van der Waals surface area contributed by atoms with E-state index in [-0.39, 0.29) is 12.5 Å². The fourth-order valence-electron chi connectivity index (χ4n) is 4.36. The number of carbonyl (C=O) groups excluding carboxylic acids is 3. The van der Waals surface area contributed by atoms with E-state index in [0.717, 1.165) is 34.6 Å². The first-order valence-electron chi connectivity index (χ1n) is 10.6. The third-order valence-corrected chi connectivity index (χ3v) is 8.05. The normalized spacial score (nSPS) is 23.0. The van der Waals surface area contributed by atoms with Gasteiger partial charge in [-0.05, 0) is 43.2 Å². The van der Waals surface area contributed by atoms with Gasteiger partial charge >= 0.3 is 6.03 Å². The quantitative estimate of drug-likeness (QED) is 0.560. The summed E-state index contributed by atoms with van der Waals surface area (Å²) in [5.74, 6) is -0.180. The molecule has 32 heavy (non-hydrogen) atoms. The molecule has 1 saturated carbocycles. The molecule has 0 bridgehead atoms. The van der Waals surface area contributed by atoms with Gasteiger partial charge in [-0.25, -0.2) is 9.78 Å². The van der Waals surface area contributed by atoms with Crippen molar-refractivity contribution in [3.8, 4) is 0 Å². The maximum Gasteiger partial charge on any atom is 0.325 e. The van der Waals surface area contributed by atoms with E-state index in [2.05, 4.69) is 22.5 Å². The lowest BCUT2D eigenvalue weighted by atomic mass is 9.75. The fourth-order valence-corrected chi connectivity index (χ4v) is 5.60. The van der Waals surface area contributed by atoms with Gasteiger partial charge in [0.05, 0.1) is 10.0 Å². The van der Waals surface area contributed by atoms with Crippen LogP contribution >= 0.6 is 34.5 Å². The van der Waals surface area contributed by atoms with Crippen molar-refractivity contribution in [1.82, 2.24) is 15.2 Å². The molecule has 0 radical (unpaired) electrons. The summed E-state index contributed by atoms with van der Waals surface area (Å²) in [7, 11) is 0. The standard InChI is InChI=1S/C22H24Cl2N4O3S/c1-2-13-6-8-22(9-7-13)19(30)28(21(31)27-22)12-17(29)26-20-25-11-15(32-20)10-14-4-3-5-16(23)18(14)24/h3-5,11,13H,2,6-10,12H2,1H3,(H,27,31)(H,25,26,29). The summed E-state index contributed by atoms with van der Waals surface area (Å²) in [6, 6.07) is 4.93. The molecular weight excluding hydrogens is 471 g/mol. The number of urea groups is 1. The molecular formula is C22H24Cl2N4O3S. The molecule has 0 atom stereocenters. The van der Waals surface area contributed by atoms with Crippen molar-refractivity contribution in [2.24, 2.45) is 5.92 Å². The molecule has 1 aromatic heterocycles. The third-order valence-electron chi connectivity index (χ3n) is 6.28. The Bertz CT molecular complexity index is 1050. The van der Waals surface area contributed by atoms with E-state index in [9.17, 15) is 14.4 Å². The fraction of sp³-hybridized carbons (Fsp3) is 0.455. The van der Waals surface area contributed by atoms with E-state index in [0.29, 0.717) is 40.4 Å². The van der Waals surface area contributed by atoms with Crippen LogP contribution in [0.25, 0.3) is 0 Å². The van der Waals surface area contributed by atoms with Gasteiger partial charge in [-0.3, -0.25) is 14.5 Å². The van der Waals surface area contributed by atoms with E-state index < -0.39 is 17.5 Å². The van der Waals surface area contributed by atoms with E-state index in [1.165, 1.54) is 11.3 Å². The van der Waals surface area contributed by atoms with Gasteiger partial charge in [-0.2, -0.15) is 0 Å². The number of rotatable bonds is 6. The highest BCUT2D eigenvalue weighted by atomic mass is 35.5. The molecule has 2 N–H and O–H groups in total. The number of hydrogen-bond acceptors (Lipinski definition) is 5. The Hall–Kier alpha value is -2.16. The highest BCUT2D eigenvalue weighted by molar-refractivity contribution is 7.15. The van der Waals surface area contributed by atoms with Crippen molar-refractivity contribution in [3.05, 3.63) is 44.9 Å². The SMILES string of the molecule is CCC1CCC2(CC1)NC(=O)N(CC(=O)Nc1ncc(Cc3cccc(Cl)c3Cl)s1)C2=O. The minimum absolute atomic E-state index is 0.303. The molecule has 1 saturated heterocycles. The molecule has 1 spiro atoms. The van der Waals surface area contributed by atoms with Crippen molar-refractivity contribution in [1.29, 1.82) is 0 Å². The Balaban J connectivity index is 1.36. The summed E-state index contributed by atoms with van der Waals surface area (Å²) in [4.78, 5) is 44.1. The van der Waals surface area contributed by atoms with Gasteiger partial charge in [0.1, 0.15) is 12.1 Å². The lowest BCUT2D eigenvalue weighted by Gasteiger charge is -2.34. The van der Waals surface area contributed by atoms with Crippen LogP contribution < -0.4 is 10.6 Å². The van der Waals surface area contributed by atoms with Crippen LogP contribution in [0, 0.1) is 5.92 Å². The van der Waals surface area contributed by atoms with Crippen molar-refractivity contribution < 1.29 is 14.4 Å². The summed E-state index contributed by atoms with van der Waals surface area (Å²) in [5.41, 5.74) is 0.0104. The molecule has 170 valence electrons. The number of benzene rings is 1. The average Bonchev–Trinajstić information content (AvgIpc) is 3.29. The lowest BCUT2D eigenvalue weighted by molar-refractivity contribution is -0.135. The Morgan fingerprint density at radius 3 is 2.78 bits per heavy atom. The third kappa shape index (κ3) is 4.63. The van der Waals surface area contributed by atoms with E-state index in [1.807, 2.05) is 12.1 Å². The number of carbonyl (C=O) groups is 3. The van der Waals surface area contributed by atoms with Gasteiger partial charge in [0, 0.05) is 17.5 Å². The number of amides is 4. The number of thiazole rings is 1. The largest absolute Gasteiger partial charge is 0.325 e. The number of anilines is 1. The zero-order valence-electron chi connectivity index (χ0n) is 17.6. The molecule has 2 fully saturated rings. The lowest BCUT2D eigenvalue weighted by Crippen LogP contribution is -2.49. The van der Waals surface area contributed by atoms with Gasteiger partial charge in [0.15, 0.2) is 5.13 Å². The smallest absolute Gasteiger partial charge is 0.323 e. The van der Waals surface area contributed by atoms with Crippen LogP contribution in [-0.2, 0) is 16.0 Å². The highest BCUT2D eigenvalue weighted by Crippen LogP contribution is 2.37. The second kappa shape index (κ2) is 9.37. The van der Waals surface area contributed by atoms with E-state index in [4.69, 9.17) is 23.2 Å². The van der Waals surface area contributed by atoms with Crippen molar-refractivity contribution in [2.75, 3.05) is 11.9 Å². The van der Waals surface area contributed by atoms with Gasteiger partial charge in [-0.1, -0.05) is 48.7 Å². The first kappa shape index (κ1) is 23.0. The summed E-state index contributed by atoms with van der Waals surface area (Å²) >= 11 is 13.6. The maximum absolute atomic E-state index is 13.0. The summed E-state index contributed by atoms with van der Waals surface area (Å²) < 4.78 is 0. The molecule has 7 nitrogen and oxygen atoms in total. The molecule has 2 aliphatic rings. The average molecular weight is 495 g/mol. The number of imide groups is 1. The highest BCUT2D eigenvalue weighted by Gasteiger charge is 2.52. The number of aromatic nitrogens is 1. The molecule has 1 aliphatic heterocycles. The molecule has 2 heterocycles. The van der Waals surface area contributed by atoms with Crippen LogP contribution in [0.4, 0.5) is 9.93 Å². The molecule has 4 amide bonds. The molecule has 2 aromatic rings. The summed E-state index contributed by atoms with van der Waals surface area (Å²) in [6.07, 6.45) is 6.31. The van der Waals surface area contributed by atoms with Crippen molar-refractivity contribution >= 4 is 57.5 Å². The van der Waals surface area contributed by atoms with Gasteiger partial charge in [0.25, 0.3) is 5.91 Å². The summed E-state index contributed by atoms with van der Waals surface area (Å²) in [5, 5.41) is 6.90. The zero-order chi connectivity index (χ0) is 22.9. The van der Waals surface area contributed by atoms with Gasteiger partial charge in [-0.15, -0.1) is 11.3 Å². The Kier molecular flexibility index (Phi) is 6.74. The second-order valence-electron chi connectivity index (χ2n) is 8.32. The predicted octanol–water partition coefficient (Wildman–Crippen LogP) is 4.87. The number of nitrogens with zero attached hydrogens (tertiary/aromatic N) is 2. The molecule has 1 aromatic carbocycles. The first-order chi connectivity index (χ1) is 15.3. The van der Waals surface area contributed by atoms with E-state index in [1.54, 1.807) is 12.3 Å². The van der Waals surface area contributed by atoms with Crippen LogP contribution in [0.15, 0.2) is 24.4 Å². The second-order valence-corrected chi connectivity index (χ2v) is 10.2. The molecule has 1 aliphatic carbocycles. The number of nitrogens with one attached hydrogen (secondary N) is 2. The predicted molar refractivity (Wildman–Crippen MR) is 125 cm³/mol. The molecule has 4 rings (SSSR count). The minimum atomic E-state index is -0.854. The Morgan fingerprint density at radius 2 is 2.06 bits per heavy atom. The van der Waals surface area contributed by atoms with Crippen LogP contribution in [0.1, 0.15) is 49.5 Å². The van der Waals surface area contributed by atoms with Crippen LogP contribution in [0.5, 0.6) is 0 Å². The van der Waals surface area contributed by atoms with Crippen LogP contribution in [0.2, 0.25) is 10.0 Å². The monoisotopic (exact) mass is 494 g/mol. The number of hydrogen-bond donors (Lipinski definition) is 2. The Morgan fingerprint density at radius 1 is 1.31 bits per heavy atom. The van der Waals surface area contributed by atoms with Gasteiger partial charge in [0.2, 0.25) is 5.91 Å². The number of halogens is 2. The summed E-state index contributed by atoms with van der Waals surface area (Å²) in [6.45, 7) is 1.81. The van der Waals surface area contributed by atoms with Crippen molar-refractivity contribution in [3.63, 3.8) is 0 Å². The first-order valence-corrected chi connectivity index (χ1v) is 12.2. The van der Waals surface area contributed by atoms with E-state index >= 15 is 0 Å². The topological polar surface area (TPSA) is 91.4 Å². The Labute approximate surface area is 200 Å². The van der Waals surface area contributed by atoms with Crippen LogP contribution in [-0.4, -0.2) is 39.8 Å².